The zero-order valence-electron chi connectivity index (χ0n) is 8.61. The quantitative estimate of drug-likeness (QED) is 0.652. The second-order valence-corrected chi connectivity index (χ2v) is 4.06. The van der Waals surface area contributed by atoms with Crippen LogP contribution in [0.5, 0.6) is 0 Å². The highest BCUT2D eigenvalue weighted by molar-refractivity contribution is 4.79. The fraction of sp³-hybridized carbons (Fsp3) is 1.00. The fourth-order valence-corrected chi connectivity index (χ4v) is 1.80. The average Bonchev–Trinajstić information content (AvgIpc) is 2.08. The van der Waals surface area contributed by atoms with Crippen molar-refractivity contribution < 1.29 is 5.21 Å². The van der Waals surface area contributed by atoms with Crippen LogP contribution in [-0.2, 0) is 0 Å². The Hall–Kier alpha value is -0.160. The lowest BCUT2D eigenvalue weighted by atomic mass is 10.0. The van der Waals surface area contributed by atoms with E-state index in [1.807, 2.05) is 0 Å². The number of rotatable bonds is 3. The minimum absolute atomic E-state index is 0.264. The highest BCUT2D eigenvalue weighted by Gasteiger charge is 2.27. The maximum atomic E-state index is 9.60. The molecule has 0 bridgehead atoms. The summed E-state index contributed by atoms with van der Waals surface area (Å²) in [7, 11) is 0. The molecule has 13 heavy (non-hydrogen) atoms. The summed E-state index contributed by atoms with van der Waals surface area (Å²) >= 11 is 0. The highest BCUT2D eigenvalue weighted by atomic mass is 16.5. The number of hydroxylamine groups is 2. The first-order valence-corrected chi connectivity index (χ1v) is 5.03. The molecule has 0 aromatic carbocycles. The summed E-state index contributed by atoms with van der Waals surface area (Å²) in [4.78, 5) is 2.32. The first-order chi connectivity index (χ1) is 6.15. The highest BCUT2D eigenvalue weighted by Crippen LogP contribution is 2.14. The third kappa shape index (κ3) is 2.91. The van der Waals surface area contributed by atoms with E-state index in [1.165, 1.54) is 5.06 Å². The summed E-state index contributed by atoms with van der Waals surface area (Å²) in [5.74, 6) is 0.491. The van der Waals surface area contributed by atoms with E-state index >= 15 is 0 Å². The van der Waals surface area contributed by atoms with E-state index in [2.05, 4.69) is 18.7 Å². The zero-order chi connectivity index (χ0) is 9.84. The Morgan fingerprint density at radius 2 is 2.15 bits per heavy atom. The third-order valence-corrected chi connectivity index (χ3v) is 2.69. The molecule has 4 nitrogen and oxygen atoms in total. The lowest BCUT2D eigenvalue weighted by Gasteiger charge is -2.39. The van der Waals surface area contributed by atoms with Gasteiger partial charge in [-0.2, -0.15) is 5.06 Å². The lowest BCUT2D eigenvalue weighted by molar-refractivity contribution is -0.166. The molecule has 3 N–H and O–H groups in total. The van der Waals surface area contributed by atoms with Crippen LogP contribution in [0, 0.1) is 5.92 Å². The summed E-state index contributed by atoms with van der Waals surface area (Å²) in [6, 6.07) is 0.264. The van der Waals surface area contributed by atoms with Gasteiger partial charge in [0.15, 0.2) is 0 Å². The summed E-state index contributed by atoms with van der Waals surface area (Å²) in [5, 5.41) is 11.1. The van der Waals surface area contributed by atoms with E-state index in [-0.39, 0.29) is 6.04 Å². The minimum atomic E-state index is 0.264. The van der Waals surface area contributed by atoms with Gasteiger partial charge >= 0.3 is 0 Å². The van der Waals surface area contributed by atoms with Gasteiger partial charge in [-0.25, -0.2) is 0 Å². The molecule has 1 aliphatic heterocycles. The van der Waals surface area contributed by atoms with E-state index in [0.717, 1.165) is 26.2 Å². The Kier molecular flexibility index (Phi) is 4.12. The van der Waals surface area contributed by atoms with Crippen molar-refractivity contribution >= 4 is 0 Å². The molecule has 0 aliphatic carbocycles. The van der Waals surface area contributed by atoms with Crippen molar-refractivity contribution in [3.05, 3.63) is 0 Å². The van der Waals surface area contributed by atoms with E-state index in [0.29, 0.717) is 12.5 Å². The van der Waals surface area contributed by atoms with Crippen LogP contribution in [0.4, 0.5) is 0 Å². The first-order valence-electron chi connectivity index (χ1n) is 5.03. The molecule has 1 heterocycles. The van der Waals surface area contributed by atoms with Gasteiger partial charge in [-0.1, -0.05) is 13.8 Å². The molecule has 4 heteroatoms. The Bertz CT molecular complexity index is 152. The SMILES string of the molecule is CC(C)C1CN(CCN)CCN1O. The maximum Gasteiger partial charge on any atom is 0.0500 e. The monoisotopic (exact) mass is 187 g/mol. The van der Waals surface area contributed by atoms with Crippen LogP contribution in [0.2, 0.25) is 0 Å². The van der Waals surface area contributed by atoms with Crippen LogP contribution in [0.3, 0.4) is 0 Å². The Labute approximate surface area is 80.3 Å². The fourth-order valence-electron chi connectivity index (χ4n) is 1.80. The van der Waals surface area contributed by atoms with Crippen molar-refractivity contribution in [2.45, 2.75) is 19.9 Å². The molecular weight excluding hydrogens is 166 g/mol. The van der Waals surface area contributed by atoms with Crippen molar-refractivity contribution in [2.24, 2.45) is 11.7 Å². The van der Waals surface area contributed by atoms with Crippen LogP contribution in [0.25, 0.3) is 0 Å². The van der Waals surface area contributed by atoms with Crippen LogP contribution in [0.15, 0.2) is 0 Å². The largest absolute Gasteiger partial charge is 0.329 e. The smallest absolute Gasteiger partial charge is 0.0500 e. The van der Waals surface area contributed by atoms with Crippen molar-refractivity contribution in [1.29, 1.82) is 0 Å². The molecule has 0 spiro atoms. The lowest BCUT2D eigenvalue weighted by Crippen LogP contribution is -2.54. The zero-order valence-corrected chi connectivity index (χ0v) is 8.61. The second kappa shape index (κ2) is 4.91. The van der Waals surface area contributed by atoms with Crippen LogP contribution < -0.4 is 5.73 Å². The molecule has 1 rings (SSSR count). The molecule has 1 atom stereocenters. The van der Waals surface area contributed by atoms with Crippen LogP contribution in [-0.4, -0.2) is 53.9 Å². The molecule has 1 aliphatic rings. The van der Waals surface area contributed by atoms with Crippen molar-refractivity contribution in [2.75, 3.05) is 32.7 Å². The molecule has 0 saturated carbocycles. The van der Waals surface area contributed by atoms with Crippen molar-refractivity contribution in [3.63, 3.8) is 0 Å². The molecule has 1 fully saturated rings. The van der Waals surface area contributed by atoms with Crippen molar-refractivity contribution in [3.8, 4) is 0 Å². The van der Waals surface area contributed by atoms with Crippen LogP contribution in [0.1, 0.15) is 13.8 Å². The molecule has 0 radical (unpaired) electrons. The summed E-state index contributed by atoms with van der Waals surface area (Å²) < 4.78 is 0. The summed E-state index contributed by atoms with van der Waals surface area (Å²) in [5.41, 5.74) is 5.50. The molecule has 0 aromatic rings. The van der Waals surface area contributed by atoms with Gasteiger partial charge in [-0.15, -0.1) is 0 Å². The Balaban J connectivity index is 2.43. The van der Waals surface area contributed by atoms with Gasteiger partial charge in [0.1, 0.15) is 0 Å². The minimum Gasteiger partial charge on any atom is -0.329 e. The van der Waals surface area contributed by atoms with Crippen LogP contribution >= 0.6 is 0 Å². The maximum absolute atomic E-state index is 9.60. The number of hydrogen-bond donors (Lipinski definition) is 2. The normalized spacial score (nSPS) is 27.0. The second-order valence-electron chi connectivity index (χ2n) is 4.06. The molecule has 0 aromatic heterocycles. The predicted octanol–water partition coefficient (Wildman–Crippen LogP) is -0.0235. The van der Waals surface area contributed by atoms with E-state index < -0.39 is 0 Å². The number of nitrogens with zero attached hydrogens (tertiary/aromatic N) is 2. The van der Waals surface area contributed by atoms with Crippen molar-refractivity contribution in [1.82, 2.24) is 9.96 Å². The molecule has 1 saturated heterocycles. The molecular formula is C9H21N3O. The number of nitrogens with two attached hydrogens (primary N) is 1. The van der Waals surface area contributed by atoms with Gasteiger partial charge in [-0.05, 0) is 5.92 Å². The molecule has 0 amide bonds. The van der Waals surface area contributed by atoms with Gasteiger partial charge in [0, 0.05) is 32.7 Å². The third-order valence-electron chi connectivity index (χ3n) is 2.69. The summed E-state index contributed by atoms with van der Waals surface area (Å²) in [6.07, 6.45) is 0. The van der Waals surface area contributed by atoms with E-state index in [4.69, 9.17) is 5.73 Å². The first kappa shape index (κ1) is 10.9. The van der Waals surface area contributed by atoms with E-state index in [1.54, 1.807) is 0 Å². The Morgan fingerprint density at radius 3 is 2.69 bits per heavy atom. The standard InChI is InChI=1S/C9H21N3O/c1-8(2)9-7-11(4-3-10)5-6-12(9)13/h8-9,13H,3-7,10H2,1-2H3. The van der Waals surface area contributed by atoms with Gasteiger partial charge in [0.05, 0.1) is 6.04 Å². The predicted molar refractivity (Wildman–Crippen MR) is 52.6 cm³/mol. The van der Waals surface area contributed by atoms with Gasteiger partial charge in [0.25, 0.3) is 0 Å². The summed E-state index contributed by atoms with van der Waals surface area (Å²) in [6.45, 7) is 8.53. The van der Waals surface area contributed by atoms with E-state index in [9.17, 15) is 5.21 Å². The van der Waals surface area contributed by atoms with Gasteiger partial charge in [-0.3, -0.25) is 4.90 Å². The van der Waals surface area contributed by atoms with Gasteiger partial charge in [0.2, 0.25) is 0 Å². The number of piperazine rings is 1. The molecule has 78 valence electrons. The molecule has 1 unspecified atom stereocenters. The van der Waals surface area contributed by atoms with Gasteiger partial charge < -0.3 is 10.9 Å². The number of hydrogen-bond acceptors (Lipinski definition) is 4. The topological polar surface area (TPSA) is 52.7 Å². The Morgan fingerprint density at radius 1 is 1.46 bits per heavy atom. The average molecular weight is 187 g/mol.